The molecule has 2 fully saturated rings. The number of nitrogens with zero attached hydrogens (tertiary/aromatic N) is 1. The Morgan fingerprint density at radius 1 is 0.889 bits per heavy atom. The number of amides is 2. The van der Waals surface area contributed by atoms with E-state index in [0.717, 1.165) is 44.5 Å². The molecule has 2 aliphatic rings. The van der Waals surface area contributed by atoms with E-state index in [0.29, 0.717) is 0 Å². The lowest BCUT2D eigenvalue weighted by Gasteiger charge is -2.29. The number of anilines is 2. The Labute approximate surface area is 162 Å². The maximum atomic E-state index is 12.7. The van der Waals surface area contributed by atoms with Gasteiger partial charge in [0.25, 0.3) is 0 Å². The average Bonchev–Trinajstić information content (AvgIpc) is 2.70. The van der Waals surface area contributed by atoms with E-state index in [-0.39, 0.29) is 17.9 Å². The molecule has 1 saturated carbocycles. The quantitative estimate of drug-likeness (QED) is 0.767. The fourth-order valence-electron chi connectivity index (χ4n) is 3.91. The maximum Gasteiger partial charge on any atom is 0.239 e. The van der Waals surface area contributed by atoms with Gasteiger partial charge in [-0.05, 0) is 70.2 Å². The summed E-state index contributed by atoms with van der Waals surface area (Å²) in [5, 5.41) is 5.98. The van der Waals surface area contributed by atoms with E-state index >= 15 is 0 Å². The number of hydrogen-bond donors (Lipinski definition) is 2. The third-order valence-electron chi connectivity index (χ3n) is 5.92. The van der Waals surface area contributed by atoms with E-state index in [2.05, 4.69) is 27.7 Å². The lowest BCUT2D eigenvalue weighted by Crippen LogP contribution is -2.49. The van der Waals surface area contributed by atoms with E-state index < -0.39 is 5.41 Å². The highest BCUT2D eigenvalue weighted by atomic mass is 16.2. The van der Waals surface area contributed by atoms with Crippen molar-refractivity contribution in [2.24, 2.45) is 5.41 Å². The minimum Gasteiger partial charge on any atom is -0.372 e. The van der Waals surface area contributed by atoms with Crippen LogP contribution in [0, 0.1) is 5.41 Å². The second kappa shape index (κ2) is 8.77. The van der Waals surface area contributed by atoms with Gasteiger partial charge < -0.3 is 15.5 Å². The van der Waals surface area contributed by atoms with Crippen LogP contribution in [-0.4, -0.2) is 30.9 Å². The summed E-state index contributed by atoms with van der Waals surface area (Å²) in [7, 11) is 0. The molecule has 148 valence electrons. The molecule has 5 nitrogen and oxygen atoms in total. The molecule has 0 unspecified atom stereocenters. The Hall–Kier alpha value is -2.04. The van der Waals surface area contributed by atoms with Crippen LogP contribution in [0.2, 0.25) is 0 Å². The molecule has 0 spiro atoms. The summed E-state index contributed by atoms with van der Waals surface area (Å²) < 4.78 is 0. The van der Waals surface area contributed by atoms with Crippen LogP contribution in [-0.2, 0) is 9.59 Å². The molecule has 27 heavy (non-hydrogen) atoms. The summed E-state index contributed by atoms with van der Waals surface area (Å²) >= 11 is 0. The van der Waals surface area contributed by atoms with Crippen LogP contribution in [0.15, 0.2) is 24.3 Å². The summed E-state index contributed by atoms with van der Waals surface area (Å²) in [4.78, 5) is 27.8. The van der Waals surface area contributed by atoms with Crippen molar-refractivity contribution in [1.82, 2.24) is 5.32 Å². The van der Waals surface area contributed by atoms with Crippen LogP contribution in [0.1, 0.15) is 65.2 Å². The highest BCUT2D eigenvalue weighted by Gasteiger charge is 2.37. The smallest absolute Gasteiger partial charge is 0.239 e. The van der Waals surface area contributed by atoms with E-state index in [9.17, 15) is 9.59 Å². The molecule has 1 heterocycles. The van der Waals surface area contributed by atoms with Crippen molar-refractivity contribution in [1.29, 1.82) is 0 Å². The molecule has 1 aromatic rings. The number of carbonyl (C=O) groups is 2. The van der Waals surface area contributed by atoms with Crippen LogP contribution in [0.4, 0.5) is 11.4 Å². The number of piperidine rings is 1. The Kier molecular flexibility index (Phi) is 6.40. The van der Waals surface area contributed by atoms with Gasteiger partial charge in [-0.1, -0.05) is 19.3 Å². The third-order valence-corrected chi connectivity index (χ3v) is 5.92. The summed E-state index contributed by atoms with van der Waals surface area (Å²) in [5.74, 6) is -0.446. The van der Waals surface area contributed by atoms with Crippen LogP contribution in [0.5, 0.6) is 0 Å². The maximum absolute atomic E-state index is 12.7. The first kappa shape index (κ1) is 19.7. The van der Waals surface area contributed by atoms with Crippen molar-refractivity contribution in [2.45, 2.75) is 71.3 Å². The van der Waals surface area contributed by atoms with E-state index in [1.165, 1.54) is 31.4 Å². The van der Waals surface area contributed by atoms with Crippen molar-refractivity contribution >= 4 is 23.2 Å². The monoisotopic (exact) mass is 371 g/mol. The fraction of sp³-hybridized carbons (Fsp3) is 0.636. The van der Waals surface area contributed by atoms with Gasteiger partial charge in [-0.15, -0.1) is 0 Å². The number of carbonyl (C=O) groups excluding carboxylic acids is 2. The van der Waals surface area contributed by atoms with Crippen LogP contribution in [0.25, 0.3) is 0 Å². The second-order valence-corrected chi connectivity index (χ2v) is 8.48. The van der Waals surface area contributed by atoms with Gasteiger partial charge in [0.15, 0.2) is 0 Å². The first-order chi connectivity index (χ1) is 13.0. The first-order valence-electron chi connectivity index (χ1n) is 10.4. The molecule has 3 rings (SSSR count). The second-order valence-electron chi connectivity index (χ2n) is 8.48. The zero-order valence-electron chi connectivity index (χ0n) is 16.7. The predicted molar refractivity (Wildman–Crippen MR) is 110 cm³/mol. The van der Waals surface area contributed by atoms with Crippen LogP contribution < -0.4 is 15.5 Å². The van der Waals surface area contributed by atoms with Crippen LogP contribution in [0.3, 0.4) is 0 Å². The molecule has 1 saturated heterocycles. The highest BCUT2D eigenvalue weighted by molar-refractivity contribution is 6.09. The molecule has 0 aromatic heterocycles. The third kappa shape index (κ3) is 5.02. The van der Waals surface area contributed by atoms with E-state index in [1.807, 2.05) is 12.1 Å². The van der Waals surface area contributed by atoms with Gasteiger partial charge in [0.1, 0.15) is 5.41 Å². The van der Waals surface area contributed by atoms with Crippen molar-refractivity contribution < 1.29 is 9.59 Å². The van der Waals surface area contributed by atoms with Crippen molar-refractivity contribution in [3.05, 3.63) is 24.3 Å². The zero-order chi connectivity index (χ0) is 19.3. The van der Waals surface area contributed by atoms with Crippen molar-refractivity contribution in [3.63, 3.8) is 0 Å². The molecular weight excluding hydrogens is 338 g/mol. The molecule has 2 amide bonds. The van der Waals surface area contributed by atoms with Gasteiger partial charge in [0, 0.05) is 30.5 Å². The van der Waals surface area contributed by atoms with E-state index in [4.69, 9.17) is 0 Å². The molecule has 0 radical (unpaired) electrons. The summed E-state index contributed by atoms with van der Waals surface area (Å²) in [6.07, 6.45) is 9.36. The average molecular weight is 372 g/mol. The Balaban J connectivity index is 1.56. The molecular formula is C22H33N3O2. The summed E-state index contributed by atoms with van der Waals surface area (Å²) in [5.41, 5.74) is 0.838. The van der Waals surface area contributed by atoms with Crippen molar-refractivity contribution in [2.75, 3.05) is 23.3 Å². The van der Waals surface area contributed by atoms with Crippen molar-refractivity contribution in [3.8, 4) is 0 Å². The SMILES string of the molecule is CC(C)(C(=O)Nc1ccc(N2CCCCC2)cc1)C(=O)NC1CCCCC1. The Bertz CT molecular complexity index is 642. The summed E-state index contributed by atoms with van der Waals surface area (Å²) in [6, 6.07) is 8.17. The molecule has 1 aliphatic heterocycles. The largest absolute Gasteiger partial charge is 0.372 e. The fourth-order valence-corrected chi connectivity index (χ4v) is 3.91. The minimum absolute atomic E-state index is 0.183. The number of hydrogen-bond acceptors (Lipinski definition) is 3. The lowest BCUT2D eigenvalue weighted by molar-refractivity contribution is -0.139. The number of rotatable bonds is 5. The Morgan fingerprint density at radius 3 is 2.11 bits per heavy atom. The van der Waals surface area contributed by atoms with Crippen LogP contribution >= 0.6 is 0 Å². The van der Waals surface area contributed by atoms with Gasteiger partial charge >= 0.3 is 0 Å². The van der Waals surface area contributed by atoms with Gasteiger partial charge in [-0.2, -0.15) is 0 Å². The summed E-state index contributed by atoms with van der Waals surface area (Å²) in [6.45, 7) is 5.59. The topological polar surface area (TPSA) is 61.4 Å². The normalized spacial score (nSPS) is 18.8. The zero-order valence-corrected chi connectivity index (χ0v) is 16.7. The standard InChI is InChI=1S/C22H33N3O2/c1-22(2,20(26)23-17-9-5-3-6-10-17)21(27)24-18-11-13-19(14-12-18)25-15-7-4-8-16-25/h11-14,17H,3-10,15-16H2,1-2H3,(H,23,26)(H,24,27). The predicted octanol–water partition coefficient (Wildman–Crippen LogP) is 4.09. The first-order valence-corrected chi connectivity index (χ1v) is 10.4. The molecule has 1 aromatic carbocycles. The van der Waals surface area contributed by atoms with Gasteiger partial charge in [-0.25, -0.2) is 0 Å². The van der Waals surface area contributed by atoms with Gasteiger partial charge in [-0.3, -0.25) is 9.59 Å². The number of nitrogens with one attached hydrogen (secondary N) is 2. The molecule has 5 heteroatoms. The number of benzene rings is 1. The van der Waals surface area contributed by atoms with Gasteiger partial charge in [0.05, 0.1) is 0 Å². The Morgan fingerprint density at radius 2 is 1.48 bits per heavy atom. The highest BCUT2D eigenvalue weighted by Crippen LogP contribution is 2.25. The van der Waals surface area contributed by atoms with E-state index in [1.54, 1.807) is 13.8 Å². The molecule has 1 aliphatic carbocycles. The lowest BCUT2D eigenvalue weighted by atomic mass is 9.88. The molecule has 2 N–H and O–H groups in total. The van der Waals surface area contributed by atoms with Gasteiger partial charge in [0.2, 0.25) is 11.8 Å². The molecule has 0 atom stereocenters. The molecule has 0 bridgehead atoms. The minimum atomic E-state index is -1.09.